The summed E-state index contributed by atoms with van der Waals surface area (Å²) in [5, 5.41) is 8.90. The first-order valence-electron chi connectivity index (χ1n) is 9.88. The number of anilines is 3. The first-order valence-corrected chi connectivity index (χ1v) is 10.8. The zero-order chi connectivity index (χ0) is 20.1. The lowest BCUT2D eigenvalue weighted by atomic mass is 9.95. The highest BCUT2D eigenvalue weighted by Gasteiger charge is 2.40. The summed E-state index contributed by atoms with van der Waals surface area (Å²) >= 11 is 1.49. The minimum atomic E-state index is -0.149. The van der Waals surface area contributed by atoms with Gasteiger partial charge in [-0.25, -0.2) is 4.98 Å². The van der Waals surface area contributed by atoms with Crippen molar-refractivity contribution in [3.05, 3.63) is 65.9 Å². The van der Waals surface area contributed by atoms with Crippen LogP contribution in [0.15, 0.2) is 60.2 Å². The first kappa shape index (κ1) is 19.4. The number of rotatable bonds is 7. The van der Waals surface area contributed by atoms with Crippen LogP contribution in [-0.4, -0.2) is 29.0 Å². The number of carbonyl (C=O) groups excluding carboxylic acids is 1. The maximum atomic E-state index is 12.3. The molecule has 1 saturated heterocycles. The largest absolute Gasteiger partial charge is 0.384 e. The van der Waals surface area contributed by atoms with E-state index >= 15 is 0 Å². The Morgan fingerprint density at radius 2 is 2.00 bits per heavy atom. The number of hydrogen-bond acceptors (Lipinski definition) is 6. The van der Waals surface area contributed by atoms with E-state index in [1.165, 1.54) is 17.0 Å². The molecule has 1 atom stereocenters. The zero-order valence-corrected chi connectivity index (χ0v) is 17.3. The summed E-state index contributed by atoms with van der Waals surface area (Å²) in [4.78, 5) is 23.5. The molecule has 1 aliphatic heterocycles. The number of aromatic nitrogens is 2. The molecule has 3 heterocycles. The van der Waals surface area contributed by atoms with Crippen molar-refractivity contribution in [1.82, 2.24) is 9.97 Å². The Balaban J connectivity index is 1.37. The molecule has 3 aromatic rings. The van der Waals surface area contributed by atoms with Gasteiger partial charge in [-0.3, -0.25) is 9.78 Å². The fraction of sp³-hybridized carbons (Fsp3) is 0.318. The van der Waals surface area contributed by atoms with Gasteiger partial charge < -0.3 is 15.5 Å². The number of pyridine rings is 1. The molecule has 1 fully saturated rings. The molecule has 2 N–H and O–H groups in total. The van der Waals surface area contributed by atoms with Gasteiger partial charge in [0.1, 0.15) is 0 Å². The third-order valence-electron chi connectivity index (χ3n) is 5.37. The normalized spacial score (nSPS) is 18.6. The lowest BCUT2D eigenvalue weighted by molar-refractivity contribution is -0.115. The van der Waals surface area contributed by atoms with E-state index < -0.39 is 0 Å². The first-order chi connectivity index (χ1) is 14.1. The smallest absolute Gasteiger partial charge is 0.227 e. The van der Waals surface area contributed by atoms with Crippen LogP contribution in [0, 0.1) is 0 Å². The highest BCUT2D eigenvalue weighted by Crippen LogP contribution is 2.42. The molecule has 0 spiro atoms. The van der Waals surface area contributed by atoms with E-state index in [4.69, 9.17) is 4.98 Å². The van der Waals surface area contributed by atoms with Crippen molar-refractivity contribution < 1.29 is 4.79 Å². The second kappa shape index (κ2) is 8.61. The maximum Gasteiger partial charge on any atom is 0.227 e. The molecule has 29 heavy (non-hydrogen) atoms. The maximum absolute atomic E-state index is 12.3. The van der Waals surface area contributed by atoms with Gasteiger partial charge in [0.2, 0.25) is 5.91 Å². The number of para-hydroxylation sites is 1. The Hall–Kier alpha value is -2.93. The van der Waals surface area contributed by atoms with Crippen LogP contribution >= 0.6 is 11.3 Å². The standard InChI is InChI=1S/C22H25N5OS/c1-22(11-5-15-27(22)18-6-3-2-4-7-18)19-16-29-21(25-19)26-20(28)10-14-24-17-8-12-23-13-9-17/h2-4,6-9,12-13,16H,5,10-11,14-15H2,1H3,(H,23,24)(H,25,26,28)/t22-/m1/s1. The van der Waals surface area contributed by atoms with Gasteiger partial charge in [0, 0.05) is 48.7 Å². The number of nitrogens with zero attached hydrogens (tertiary/aromatic N) is 3. The topological polar surface area (TPSA) is 70.1 Å². The van der Waals surface area contributed by atoms with Crippen LogP contribution in [0.2, 0.25) is 0 Å². The van der Waals surface area contributed by atoms with E-state index in [0.29, 0.717) is 18.1 Å². The van der Waals surface area contributed by atoms with Crippen molar-refractivity contribution in [2.75, 3.05) is 28.6 Å². The minimum Gasteiger partial charge on any atom is -0.384 e. The predicted octanol–water partition coefficient (Wildman–Crippen LogP) is 4.49. The molecule has 2 aromatic heterocycles. The second-order valence-corrected chi connectivity index (χ2v) is 8.22. The summed E-state index contributed by atoms with van der Waals surface area (Å²) in [6, 6.07) is 14.2. The van der Waals surface area contributed by atoms with Gasteiger partial charge in [-0.2, -0.15) is 0 Å². The van der Waals surface area contributed by atoms with Gasteiger partial charge in [0.25, 0.3) is 0 Å². The Kier molecular flexibility index (Phi) is 5.76. The van der Waals surface area contributed by atoms with Crippen molar-refractivity contribution in [2.45, 2.75) is 31.7 Å². The van der Waals surface area contributed by atoms with E-state index in [0.717, 1.165) is 30.8 Å². The van der Waals surface area contributed by atoms with Crippen molar-refractivity contribution in [1.29, 1.82) is 0 Å². The third-order valence-corrected chi connectivity index (χ3v) is 6.13. The molecule has 0 bridgehead atoms. The van der Waals surface area contributed by atoms with E-state index in [1.54, 1.807) is 12.4 Å². The average Bonchev–Trinajstić information content (AvgIpc) is 3.37. The average molecular weight is 408 g/mol. The number of amides is 1. The summed E-state index contributed by atoms with van der Waals surface area (Å²) in [7, 11) is 0. The molecule has 4 rings (SSSR count). The van der Waals surface area contributed by atoms with E-state index in [9.17, 15) is 4.79 Å². The lowest BCUT2D eigenvalue weighted by Gasteiger charge is -2.35. The van der Waals surface area contributed by atoms with E-state index in [1.807, 2.05) is 18.2 Å². The van der Waals surface area contributed by atoms with Gasteiger partial charge >= 0.3 is 0 Å². The van der Waals surface area contributed by atoms with Crippen LogP contribution in [0.4, 0.5) is 16.5 Å². The number of thiazole rings is 1. The molecule has 1 amide bonds. The van der Waals surface area contributed by atoms with Crippen LogP contribution in [-0.2, 0) is 10.3 Å². The minimum absolute atomic E-state index is 0.0380. The van der Waals surface area contributed by atoms with Gasteiger partial charge in [-0.1, -0.05) is 18.2 Å². The highest BCUT2D eigenvalue weighted by atomic mass is 32.1. The zero-order valence-electron chi connectivity index (χ0n) is 16.5. The molecular formula is C22H25N5OS. The molecule has 0 saturated carbocycles. The number of carbonyl (C=O) groups is 1. The van der Waals surface area contributed by atoms with Crippen LogP contribution < -0.4 is 15.5 Å². The molecular weight excluding hydrogens is 382 g/mol. The number of nitrogens with one attached hydrogen (secondary N) is 2. The lowest BCUT2D eigenvalue weighted by Crippen LogP contribution is -2.39. The number of benzene rings is 1. The number of hydrogen-bond donors (Lipinski definition) is 2. The van der Waals surface area contributed by atoms with Crippen molar-refractivity contribution in [3.8, 4) is 0 Å². The molecule has 0 aliphatic carbocycles. The van der Waals surface area contributed by atoms with Gasteiger partial charge in [0.05, 0.1) is 11.2 Å². The molecule has 1 aliphatic rings. The van der Waals surface area contributed by atoms with Crippen molar-refractivity contribution in [3.63, 3.8) is 0 Å². The molecule has 150 valence electrons. The van der Waals surface area contributed by atoms with Crippen LogP contribution in [0.5, 0.6) is 0 Å². The monoisotopic (exact) mass is 407 g/mol. The Bertz CT molecular complexity index is 946. The van der Waals surface area contributed by atoms with Crippen LogP contribution in [0.1, 0.15) is 31.9 Å². The van der Waals surface area contributed by atoms with E-state index in [2.05, 4.69) is 57.1 Å². The molecule has 1 aromatic carbocycles. The van der Waals surface area contributed by atoms with Crippen LogP contribution in [0.25, 0.3) is 0 Å². The van der Waals surface area contributed by atoms with Gasteiger partial charge in [0.15, 0.2) is 5.13 Å². The molecule has 0 radical (unpaired) electrons. The quantitative estimate of drug-likeness (QED) is 0.604. The summed E-state index contributed by atoms with van der Waals surface area (Å²) in [6.07, 6.45) is 6.01. The van der Waals surface area contributed by atoms with Crippen LogP contribution in [0.3, 0.4) is 0 Å². The van der Waals surface area contributed by atoms with E-state index in [-0.39, 0.29) is 11.4 Å². The fourth-order valence-electron chi connectivity index (χ4n) is 3.80. The highest BCUT2D eigenvalue weighted by molar-refractivity contribution is 7.13. The molecule has 0 unspecified atom stereocenters. The summed E-state index contributed by atoms with van der Waals surface area (Å²) in [5.74, 6) is -0.0380. The Morgan fingerprint density at radius 3 is 2.79 bits per heavy atom. The summed E-state index contributed by atoms with van der Waals surface area (Å²) in [5.41, 5.74) is 3.05. The van der Waals surface area contributed by atoms with Crippen molar-refractivity contribution in [2.24, 2.45) is 0 Å². The van der Waals surface area contributed by atoms with Gasteiger partial charge in [-0.15, -0.1) is 11.3 Å². The molecule has 7 heteroatoms. The summed E-state index contributed by atoms with van der Waals surface area (Å²) in [6.45, 7) is 3.82. The second-order valence-electron chi connectivity index (χ2n) is 7.36. The molecule has 6 nitrogen and oxygen atoms in total. The third kappa shape index (κ3) is 4.40. The predicted molar refractivity (Wildman–Crippen MR) is 118 cm³/mol. The fourth-order valence-corrected chi connectivity index (χ4v) is 4.66. The van der Waals surface area contributed by atoms with Gasteiger partial charge in [-0.05, 0) is 44.0 Å². The summed E-state index contributed by atoms with van der Waals surface area (Å²) < 4.78 is 0. The van der Waals surface area contributed by atoms with Crippen molar-refractivity contribution >= 4 is 33.8 Å². The Labute approximate surface area is 175 Å². The Morgan fingerprint density at radius 1 is 1.21 bits per heavy atom. The SMILES string of the molecule is C[C@]1(c2csc(NC(=O)CCNc3ccncc3)n2)CCCN1c1ccccc1.